The Bertz CT molecular complexity index is 327. The molecule has 1 nitrogen and oxygen atoms in total. The molecule has 0 amide bonds. The first kappa shape index (κ1) is 19.2. The Morgan fingerprint density at radius 3 is 1.85 bits per heavy atom. The van der Waals surface area contributed by atoms with Crippen LogP contribution in [0.2, 0.25) is 0 Å². The van der Waals surface area contributed by atoms with Gasteiger partial charge in [0.05, 0.1) is 5.60 Å². The summed E-state index contributed by atoms with van der Waals surface area (Å²) < 4.78 is 5.47. The summed E-state index contributed by atoms with van der Waals surface area (Å²) in [6, 6.07) is 10.6. The molecule has 0 aliphatic carbocycles. The highest BCUT2D eigenvalue weighted by molar-refractivity contribution is 5.15. The number of benzene rings is 1. The Kier molecular flexibility index (Phi) is 8.80. The van der Waals surface area contributed by atoms with Gasteiger partial charge in [-0.3, -0.25) is 0 Å². The first-order valence-electron chi connectivity index (χ1n) is 7.82. The topological polar surface area (TPSA) is 9.23 Å². The molecule has 1 heteroatoms. The van der Waals surface area contributed by atoms with Gasteiger partial charge in [0.25, 0.3) is 0 Å². The predicted octanol–water partition coefficient (Wildman–Crippen LogP) is 5.88. The van der Waals surface area contributed by atoms with Crippen LogP contribution in [0.1, 0.15) is 66.9 Å². The molecule has 20 heavy (non-hydrogen) atoms. The van der Waals surface area contributed by atoms with Crippen molar-refractivity contribution in [2.24, 2.45) is 5.41 Å². The van der Waals surface area contributed by atoms with Crippen molar-refractivity contribution >= 4 is 0 Å². The van der Waals surface area contributed by atoms with Crippen LogP contribution >= 0.6 is 0 Å². The monoisotopic (exact) mass is 278 g/mol. The Labute approximate surface area is 126 Å². The quantitative estimate of drug-likeness (QED) is 0.625. The fourth-order valence-electron chi connectivity index (χ4n) is 1.73. The van der Waals surface area contributed by atoms with E-state index in [9.17, 15) is 0 Å². The first-order valence-corrected chi connectivity index (χ1v) is 7.82. The summed E-state index contributed by atoms with van der Waals surface area (Å²) in [7, 11) is 0. The maximum Gasteiger partial charge on any atom is 0.0598 e. The number of unbranched alkanes of at least 4 members (excludes halogenated alkanes) is 1. The minimum Gasteiger partial charge on any atom is -0.376 e. The zero-order valence-electron chi connectivity index (χ0n) is 14.6. The van der Waals surface area contributed by atoms with E-state index in [0.29, 0.717) is 5.41 Å². The first-order chi connectivity index (χ1) is 9.14. The highest BCUT2D eigenvalue weighted by Crippen LogP contribution is 2.19. The van der Waals surface area contributed by atoms with Gasteiger partial charge in [-0.2, -0.15) is 0 Å². The van der Waals surface area contributed by atoms with Gasteiger partial charge in [-0.25, -0.2) is 0 Å². The zero-order valence-corrected chi connectivity index (χ0v) is 14.6. The van der Waals surface area contributed by atoms with Crippen LogP contribution < -0.4 is 0 Å². The van der Waals surface area contributed by atoms with E-state index in [1.165, 1.54) is 18.4 Å². The molecule has 0 heterocycles. The van der Waals surface area contributed by atoms with E-state index >= 15 is 0 Å². The summed E-state index contributed by atoms with van der Waals surface area (Å²) >= 11 is 0. The lowest BCUT2D eigenvalue weighted by Gasteiger charge is -2.18. The van der Waals surface area contributed by atoms with E-state index in [-0.39, 0.29) is 5.60 Å². The van der Waals surface area contributed by atoms with Crippen molar-refractivity contribution in [3.63, 3.8) is 0 Å². The third-order valence-corrected chi connectivity index (χ3v) is 2.61. The molecule has 116 valence electrons. The highest BCUT2D eigenvalue weighted by atomic mass is 16.5. The fraction of sp³-hybridized carbons (Fsp3) is 0.684. The summed E-state index contributed by atoms with van der Waals surface area (Å²) in [6.45, 7) is 16.1. The molecule has 0 N–H and O–H groups in total. The molecule has 1 aromatic rings. The smallest absolute Gasteiger partial charge is 0.0598 e. The second-order valence-corrected chi connectivity index (χ2v) is 7.54. The summed E-state index contributed by atoms with van der Waals surface area (Å²) in [4.78, 5) is 0. The molecular formula is C19H34O. The molecule has 0 unspecified atom stereocenters. The second-order valence-electron chi connectivity index (χ2n) is 7.54. The van der Waals surface area contributed by atoms with Crippen LogP contribution in [-0.2, 0) is 11.2 Å². The third kappa shape index (κ3) is 13.6. The minimum absolute atomic E-state index is 0.0508. The van der Waals surface area contributed by atoms with Crippen LogP contribution in [0.3, 0.4) is 0 Å². The van der Waals surface area contributed by atoms with Gasteiger partial charge in [-0.1, -0.05) is 64.4 Å². The number of ether oxygens (including phenoxy) is 1. The van der Waals surface area contributed by atoms with Crippen molar-refractivity contribution in [2.75, 3.05) is 6.61 Å². The van der Waals surface area contributed by atoms with Gasteiger partial charge >= 0.3 is 0 Å². The van der Waals surface area contributed by atoms with E-state index in [4.69, 9.17) is 4.74 Å². The van der Waals surface area contributed by atoms with Crippen molar-refractivity contribution in [3.8, 4) is 0 Å². The van der Waals surface area contributed by atoms with Gasteiger partial charge in [0.15, 0.2) is 0 Å². The summed E-state index contributed by atoms with van der Waals surface area (Å²) in [5.41, 5.74) is 1.89. The molecule has 0 aliphatic rings. The molecule has 0 bridgehead atoms. The molecule has 0 atom stereocenters. The lowest BCUT2D eigenvalue weighted by atomic mass is 9.88. The number of rotatable bonds is 4. The second kappa shape index (κ2) is 9.18. The number of hydrogen-bond donors (Lipinski definition) is 0. The van der Waals surface area contributed by atoms with Gasteiger partial charge in [-0.05, 0) is 44.6 Å². The van der Waals surface area contributed by atoms with Crippen LogP contribution in [0.5, 0.6) is 0 Å². The fourth-order valence-corrected chi connectivity index (χ4v) is 1.73. The normalized spacial score (nSPS) is 11.8. The van der Waals surface area contributed by atoms with Gasteiger partial charge in [0.1, 0.15) is 0 Å². The maximum absolute atomic E-state index is 5.47. The molecule has 0 aromatic heterocycles. The maximum atomic E-state index is 5.47. The molecule has 1 aromatic carbocycles. The molecule has 0 radical (unpaired) electrons. The van der Waals surface area contributed by atoms with Crippen LogP contribution in [0.25, 0.3) is 0 Å². The summed E-state index contributed by atoms with van der Waals surface area (Å²) in [6.07, 6.45) is 3.56. The van der Waals surface area contributed by atoms with Crippen molar-refractivity contribution in [2.45, 2.75) is 73.3 Å². The third-order valence-electron chi connectivity index (χ3n) is 2.61. The summed E-state index contributed by atoms with van der Waals surface area (Å²) in [5, 5.41) is 0. The predicted molar refractivity (Wildman–Crippen MR) is 90.2 cm³/mol. The molecule has 0 spiro atoms. The van der Waals surface area contributed by atoms with E-state index in [0.717, 1.165) is 13.0 Å². The van der Waals surface area contributed by atoms with Gasteiger partial charge < -0.3 is 4.74 Å². The van der Waals surface area contributed by atoms with Crippen molar-refractivity contribution in [3.05, 3.63) is 35.9 Å². The standard InChI is InChI=1S/C11H16.C8H18O/c1-11(2,3)9-10-7-5-4-6-8-10;1-5-6-7-9-8(2,3)4/h4-8H,9H2,1-3H3;5-7H2,1-4H3. The Morgan fingerprint density at radius 1 is 0.900 bits per heavy atom. The molecule has 0 saturated heterocycles. The zero-order chi connectivity index (χ0) is 15.6. The average Bonchev–Trinajstić information content (AvgIpc) is 2.27. The van der Waals surface area contributed by atoms with Gasteiger partial charge in [0.2, 0.25) is 0 Å². The Balaban J connectivity index is 0.000000370. The van der Waals surface area contributed by atoms with Crippen molar-refractivity contribution in [1.29, 1.82) is 0 Å². The van der Waals surface area contributed by atoms with Crippen LogP contribution in [-0.4, -0.2) is 12.2 Å². The minimum atomic E-state index is 0.0508. The molecule has 0 aliphatic heterocycles. The average molecular weight is 278 g/mol. The lowest BCUT2D eigenvalue weighted by Crippen LogP contribution is -2.19. The number of hydrogen-bond acceptors (Lipinski definition) is 1. The van der Waals surface area contributed by atoms with Gasteiger partial charge in [0, 0.05) is 6.61 Å². The van der Waals surface area contributed by atoms with Crippen LogP contribution in [0, 0.1) is 5.41 Å². The Morgan fingerprint density at radius 2 is 1.45 bits per heavy atom. The van der Waals surface area contributed by atoms with Crippen molar-refractivity contribution in [1.82, 2.24) is 0 Å². The summed E-state index contributed by atoms with van der Waals surface area (Å²) in [5.74, 6) is 0. The Hall–Kier alpha value is -0.820. The van der Waals surface area contributed by atoms with E-state index in [2.05, 4.69) is 78.8 Å². The highest BCUT2D eigenvalue weighted by Gasteiger charge is 2.10. The van der Waals surface area contributed by atoms with Crippen LogP contribution in [0.15, 0.2) is 30.3 Å². The molecule has 0 saturated carbocycles. The van der Waals surface area contributed by atoms with Crippen LogP contribution in [0.4, 0.5) is 0 Å². The van der Waals surface area contributed by atoms with Gasteiger partial charge in [-0.15, -0.1) is 0 Å². The SMILES string of the molecule is CC(C)(C)Cc1ccccc1.CCCCOC(C)(C)C. The van der Waals surface area contributed by atoms with E-state index < -0.39 is 0 Å². The molecule has 1 rings (SSSR count). The van der Waals surface area contributed by atoms with Crippen molar-refractivity contribution < 1.29 is 4.74 Å². The molecule has 0 fully saturated rings. The van der Waals surface area contributed by atoms with E-state index in [1.807, 2.05) is 0 Å². The lowest BCUT2D eigenvalue weighted by molar-refractivity contribution is -0.00415. The largest absolute Gasteiger partial charge is 0.376 e. The molecular weight excluding hydrogens is 244 g/mol. The van der Waals surface area contributed by atoms with E-state index in [1.54, 1.807) is 0 Å².